The number of hydrogen-bond acceptors (Lipinski definition) is 5. The van der Waals surface area contributed by atoms with Gasteiger partial charge in [-0.15, -0.1) is 0 Å². The first kappa shape index (κ1) is 26.9. The molecule has 0 radical (unpaired) electrons. The maximum Gasteiger partial charge on any atom is 0.335 e. The van der Waals surface area contributed by atoms with Crippen LogP contribution >= 0.6 is 0 Å². The van der Waals surface area contributed by atoms with Crippen LogP contribution in [0.2, 0.25) is 0 Å². The normalized spacial score (nSPS) is 14.1. The van der Waals surface area contributed by atoms with Crippen LogP contribution in [-0.2, 0) is 24.8 Å². The zero-order valence-corrected chi connectivity index (χ0v) is 21.6. The molecule has 2 N–H and O–H groups in total. The molecule has 1 saturated heterocycles. The number of carboxylic acid groups (broad SMARTS) is 1. The summed E-state index contributed by atoms with van der Waals surface area (Å²) in [6.45, 7) is 2.03. The first-order chi connectivity index (χ1) is 19.1. The predicted molar refractivity (Wildman–Crippen MR) is 144 cm³/mol. The fourth-order valence-electron chi connectivity index (χ4n) is 4.90. The van der Waals surface area contributed by atoms with Crippen molar-refractivity contribution in [3.05, 3.63) is 110 Å². The van der Waals surface area contributed by atoms with E-state index in [1.54, 1.807) is 36.4 Å². The highest BCUT2D eigenvalue weighted by Gasteiger charge is 2.27. The Hall–Kier alpha value is -4.64. The first-order valence-electron chi connectivity index (χ1n) is 12.7. The summed E-state index contributed by atoms with van der Waals surface area (Å²) in [5.41, 5.74) is -0.752. The summed E-state index contributed by atoms with van der Waals surface area (Å²) in [4.78, 5) is 52.3. The lowest BCUT2D eigenvalue weighted by Gasteiger charge is -2.30. The fourth-order valence-corrected chi connectivity index (χ4v) is 4.90. The predicted octanol–water partition coefficient (Wildman–Crippen LogP) is 2.60. The highest BCUT2D eigenvalue weighted by molar-refractivity contribution is 5.98. The van der Waals surface area contributed by atoms with Crippen molar-refractivity contribution in [3.8, 4) is 5.69 Å². The molecule has 1 aromatic heterocycles. The van der Waals surface area contributed by atoms with Crippen LogP contribution in [0.25, 0.3) is 16.5 Å². The lowest BCUT2D eigenvalue weighted by atomic mass is 9.97. The van der Waals surface area contributed by atoms with E-state index < -0.39 is 46.4 Å². The molecule has 4 aromatic rings. The van der Waals surface area contributed by atoms with Crippen molar-refractivity contribution in [1.29, 1.82) is 0 Å². The highest BCUT2D eigenvalue weighted by atomic mass is 19.1. The number of carboxylic acids is 1. The van der Waals surface area contributed by atoms with E-state index >= 15 is 0 Å². The number of fused-ring (bicyclic) bond motifs is 1. The highest BCUT2D eigenvalue weighted by Crippen LogP contribution is 2.26. The van der Waals surface area contributed by atoms with Crippen molar-refractivity contribution in [2.75, 3.05) is 13.1 Å². The van der Waals surface area contributed by atoms with Gasteiger partial charge in [0.15, 0.2) is 0 Å². The number of halogens is 2. The number of likely N-dealkylation sites (tertiary alicyclic amines) is 1. The molecule has 1 atom stereocenters. The molecule has 2 heterocycles. The molecule has 1 aliphatic rings. The number of aryl methyl sites for hydroxylation is 1. The zero-order chi connectivity index (χ0) is 28.6. The minimum absolute atomic E-state index is 0.222. The van der Waals surface area contributed by atoms with Gasteiger partial charge in [-0.2, -0.15) is 0 Å². The average Bonchev–Trinajstić information content (AvgIpc) is 2.88. The van der Waals surface area contributed by atoms with E-state index in [-0.39, 0.29) is 6.42 Å². The number of nitrogens with one attached hydrogen (secondary N) is 1. The van der Waals surface area contributed by atoms with E-state index in [0.29, 0.717) is 34.1 Å². The summed E-state index contributed by atoms with van der Waals surface area (Å²) < 4.78 is 31.9. The summed E-state index contributed by atoms with van der Waals surface area (Å²) in [7, 11) is 1.51. The number of hydrogen-bond donors (Lipinski definition) is 2. The molecule has 0 aliphatic carbocycles. The van der Waals surface area contributed by atoms with Crippen LogP contribution in [0.3, 0.4) is 0 Å². The SMILES string of the molecule is Cn1ccc(=O)n(-c2cccc3c(C[C@H](NC(=O)c4c(F)cc(CN5CCC5)cc4F)C(=O)O)cccc23)c1=O. The largest absolute Gasteiger partial charge is 0.480 e. The number of amides is 1. The topological polar surface area (TPSA) is 114 Å². The fraction of sp³-hybridized carbons (Fsp3) is 0.241. The zero-order valence-electron chi connectivity index (χ0n) is 21.6. The van der Waals surface area contributed by atoms with E-state index in [2.05, 4.69) is 5.32 Å². The van der Waals surface area contributed by atoms with E-state index in [1.165, 1.54) is 23.9 Å². The summed E-state index contributed by atoms with van der Waals surface area (Å²) in [6.07, 6.45) is 2.16. The third kappa shape index (κ3) is 5.15. The number of aromatic nitrogens is 2. The van der Waals surface area contributed by atoms with Crippen molar-refractivity contribution >= 4 is 22.6 Å². The number of carbonyl (C=O) groups excluding carboxylic acids is 1. The molecule has 5 rings (SSSR count). The molecule has 9 nitrogen and oxygen atoms in total. The lowest BCUT2D eigenvalue weighted by molar-refractivity contribution is -0.139. The van der Waals surface area contributed by atoms with Crippen LogP contribution in [-0.4, -0.2) is 50.1 Å². The van der Waals surface area contributed by atoms with Crippen molar-refractivity contribution in [3.63, 3.8) is 0 Å². The summed E-state index contributed by atoms with van der Waals surface area (Å²) in [5.74, 6) is -4.72. The second-order valence-electron chi connectivity index (χ2n) is 9.80. The van der Waals surface area contributed by atoms with Gasteiger partial charge in [-0.25, -0.2) is 22.9 Å². The molecule has 206 valence electrons. The Morgan fingerprint density at radius 3 is 2.33 bits per heavy atom. The van der Waals surface area contributed by atoms with Gasteiger partial charge < -0.3 is 15.0 Å². The Balaban J connectivity index is 1.45. The standard InChI is InChI=1S/C29H26F2N4O5/c1-33-12-9-25(36)35(29(33)40)24-8-3-6-19-18(5-2-7-20(19)24)15-23(28(38)39)32-27(37)26-21(30)13-17(14-22(26)31)16-34-10-4-11-34/h2-3,5-9,12-14,23H,4,10-11,15-16H2,1H3,(H,32,37)(H,38,39)/t23-/m0/s1. The van der Waals surface area contributed by atoms with Crippen LogP contribution in [0.4, 0.5) is 8.78 Å². The minimum Gasteiger partial charge on any atom is -0.480 e. The third-order valence-corrected chi connectivity index (χ3v) is 7.10. The molecular weight excluding hydrogens is 522 g/mol. The Labute approximate surface area is 226 Å². The van der Waals surface area contributed by atoms with Gasteiger partial charge >= 0.3 is 11.7 Å². The van der Waals surface area contributed by atoms with Crippen LogP contribution < -0.4 is 16.6 Å². The second-order valence-corrected chi connectivity index (χ2v) is 9.80. The van der Waals surface area contributed by atoms with Crippen LogP contribution in [0.15, 0.2) is 70.4 Å². The smallest absolute Gasteiger partial charge is 0.335 e. The molecular formula is C29H26F2N4O5. The molecule has 1 amide bonds. The van der Waals surface area contributed by atoms with Crippen LogP contribution in [0.5, 0.6) is 0 Å². The average molecular weight is 549 g/mol. The van der Waals surface area contributed by atoms with Gasteiger partial charge in [-0.05, 0) is 54.2 Å². The molecule has 3 aromatic carbocycles. The molecule has 0 saturated carbocycles. The van der Waals surface area contributed by atoms with Crippen LogP contribution in [0.1, 0.15) is 27.9 Å². The monoisotopic (exact) mass is 548 g/mol. The third-order valence-electron chi connectivity index (χ3n) is 7.10. The summed E-state index contributed by atoms with van der Waals surface area (Å²) in [6, 6.07) is 11.8. The summed E-state index contributed by atoms with van der Waals surface area (Å²) in [5, 5.41) is 13.2. The number of aliphatic carboxylic acids is 1. The number of benzene rings is 3. The van der Waals surface area contributed by atoms with Gasteiger partial charge in [0.25, 0.3) is 11.5 Å². The van der Waals surface area contributed by atoms with Gasteiger partial charge in [-0.3, -0.25) is 14.5 Å². The van der Waals surface area contributed by atoms with Crippen molar-refractivity contribution in [1.82, 2.24) is 19.4 Å². The Kier molecular flexibility index (Phi) is 7.31. The molecule has 40 heavy (non-hydrogen) atoms. The van der Waals surface area contributed by atoms with Gasteiger partial charge in [0.1, 0.15) is 23.2 Å². The summed E-state index contributed by atoms with van der Waals surface area (Å²) >= 11 is 0. The lowest BCUT2D eigenvalue weighted by Crippen LogP contribution is -2.43. The van der Waals surface area contributed by atoms with Gasteiger partial charge in [0.05, 0.1) is 5.69 Å². The van der Waals surface area contributed by atoms with E-state index in [9.17, 15) is 33.1 Å². The first-order valence-corrected chi connectivity index (χ1v) is 12.7. The van der Waals surface area contributed by atoms with E-state index in [0.717, 1.165) is 36.2 Å². The van der Waals surface area contributed by atoms with Gasteiger partial charge in [-0.1, -0.05) is 30.3 Å². The molecule has 11 heteroatoms. The van der Waals surface area contributed by atoms with E-state index in [1.807, 2.05) is 4.90 Å². The number of carbonyl (C=O) groups is 2. The second kappa shape index (κ2) is 10.9. The molecule has 0 unspecified atom stereocenters. The Bertz CT molecular complexity index is 1740. The number of nitrogens with zero attached hydrogens (tertiary/aromatic N) is 3. The molecule has 0 bridgehead atoms. The number of rotatable bonds is 8. The Morgan fingerprint density at radius 2 is 1.68 bits per heavy atom. The van der Waals surface area contributed by atoms with Crippen molar-refractivity contribution in [2.45, 2.75) is 25.4 Å². The Morgan fingerprint density at radius 1 is 1.00 bits per heavy atom. The van der Waals surface area contributed by atoms with E-state index in [4.69, 9.17) is 0 Å². The maximum absolute atomic E-state index is 14.8. The molecule has 1 fully saturated rings. The maximum atomic E-state index is 14.8. The molecule has 1 aliphatic heterocycles. The van der Waals surface area contributed by atoms with Crippen molar-refractivity contribution in [2.24, 2.45) is 7.05 Å². The molecule has 0 spiro atoms. The minimum atomic E-state index is -1.52. The quantitative estimate of drug-likeness (QED) is 0.350. The van der Waals surface area contributed by atoms with Gasteiger partial charge in [0, 0.05) is 37.7 Å². The van der Waals surface area contributed by atoms with Gasteiger partial charge in [0.2, 0.25) is 0 Å². The van der Waals surface area contributed by atoms with Crippen LogP contribution in [0, 0.1) is 11.6 Å². The van der Waals surface area contributed by atoms with Crippen molar-refractivity contribution < 1.29 is 23.5 Å².